The number of nitrogens with two attached hydrogens (primary N) is 1. The largest absolute Gasteiger partial charge is 0.384 e. The Morgan fingerprint density at radius 1 is 1.67 bits per heavy atom. The van der Waals surface area contributed by atoms with Crippen LogP contribution in [0, 0.1) is 12.1 Å². The van der Waals surface area contributed by atoms with Gasteiger partial charge < -0.3 is 5.73 Å². The van der Waals surface area contributed by atoms with Crippen molar-refractivity contribution in [3.05, 3.63) is 34.6 Å². The van der Waals surface area contributed by atoms with Gasteiger partial charge in [0, 0.05) is 6.07 Å². The average molecular weight is 120 g/mol. The maximum atomic E-state index is 10.4. The van der Waals surface area contributed by atoms with Crippen molar-refractivity contribution in [2.45, 2.75) is 0 Å². The van der Waals surface area contributed by atoms with Crippen LogP contribution in [0.4, 0.5) is 5.82 Å². The molecule has 0 amide bonds. The first-order valence-corrected chi connectivity index (χ1v) is 2.35. The van der Waals surface area contributed by atoms with Crippen LogP contribution in [0.2, 0.25) is 0 Å². The predicted octanol–water partition coefficient (Wildman–Crippen LogP) is -0.376. The molecule has 1 rings (SSSR count). The fourth-order valence-corrected chi connectivity index (χ4v) is 0.413. The molecule has 1 aromatic heterocycles. The van der Waals surface area contributed by atoms with E-state index in [-0.39, 0.29) is 5.82 Å². The lowest BCUT2D eigenvalue weighted by Gasteiger charge is -1.74. The van der Waals surface area contributed by atoms with E-state index in [1.54, 1.807) is 0 Å². The maximum absolute atomic E-state index is 10.4. The Morgan fingerprint density at radius 2 is 2.44 bits per heavy atom. The number of nitrogens with zero attached hydrogens (tertiary/aromatic N) is 1. The van der Waals surface area contributed by atoms with Gasteiger partial charge >= 0.3 is 5.56 Å². The van der Waals surface area contributed by atoms with E-state index in [1.807, 2.05) is 0 Å². The van der Waals surface area contributed by atoms with Crippen molar-refractivity contribution in [3.63, 3.8) is 0 Å². The molecule has 0 bridgehead atoms. The summed E-state index contributed by atoms with van der Waals surface area (Å²) in [4.78, 5) is 13.8. The summed E-state index contributed by atoms with van der Waals surface area (Å²) in [6.07, 6.45) is 0. The molecule has 0 aliphatic heterocycles. The lowest BCUT2D eigenvalue weighted by Crippen LogP contribution is -2.00. The number of nitrogen functional groups attached to an aromatic ring is 1. The molecule has 3 nitrogen and oxygen atoms in total. The second-order valence-corrected chi connectivity index (χ2v) is 1.44. The zero-order chi connectivity index (χ0) is 6.69. The lowest BCUT2D eigenvalue weighted by molar-refractivity contribution is 1.28. The van der Waals surface area contributed by atoms with Gasteiger partial charge in [-0.1, -0.05) is 6.07 Å². The third kappa shape index (κ3) is 1.42. The van der Waals surface area contributed by atoms with Gasteiger partial charge in [-0.2, -0.15) is 4.98 Å². The van der Waals surface area contributed by atoms with Crippen LogP contribution in [0.25, 0.3) is 0 Å². The highest BCUT2D eigenvalue weighted by atomic mass is 16.1. The highest BCUT2D eigenvalue weighted by molar-refractivity contribution is 5.23. The van der Waals surface area contributed by atoms with Gasteiger partial charge in [0.2, 0.25) is 0 Å². The van der Waals surface area contributed by atoms with E-state index in [2.05, 4.69) is 17.1 Å². The Balaban J connectivity index is 3.37. The van der Waals surface area contributed by atoms with Gasteiger partial charge in [0.05, 0.1) is 0 Å². The van der Waals surface area contributed by atoms with E-state index < -0.39 is 5.56 Å². The Hall–Kier alpha value is -1.56. The van der Waals surface area contributed by atoms with Gasteiger partial charge in [-0.25, -0.2) is 0 Å². The smallest absolute Gasteiger partial charge is 0.323 e. The number of aromatic nitrogens is 1. The molecule has 1 heterocycles. The standard InChI is InChI=1S/C6H4N2O/c7-5-3-1-2-4-6(9)8-5/h1,3H,(H2,7,8,9). The number of hydrogen-bond donors (Lipinski definition) is 1. The minimum absolute atomic E-state index is 0.192. The molecule has 0 aliphatic carbocycles. The molecular formula is C6H4N2O. The first-order chi connectivity index (χ1) is 4.29. The van der Waals surface area contributed by atoms with Crippen LogP contribution in [0.15, 0.2) is 16.9 Å². The van der Waals surface area contributed by atoms with Crippen molar-refractivity contribution in [1.29, 1.82) is 0 Å². The molecule has 0 spiro atoms. The van der Waals surface area contributed by atoms with Crippen LogP contribution < -0.4 is 11.3 Å². The molecule has 0 radical (unpaired) electrons. The summed E-state index contributed by atoms with van der Waals surface area (Å²) in [5.41, 5.74) is 4.70. The maximum Gasteiger partial charge on any atom is 0.323 e. The predicted molar refractivity (Wildman–Crippen MR) is 32.6 cm³/mol. The van der Waals surface area contributed by atoms with Crippen LogP contribution in [0.5, 0.6) is 0 Å². The van der Waals surface area contributed by atoms with Crippen LogP contribution in [-0.4, -0.2) is 4.98 Å². The van der Waals surface area contributed by atoms with E-state index >= 15 is 0 Å². The van der Waals surface area contributed by atoms with E-state index in [0.717, 1.165) is 0 Å². The number of anilines is 1. The Morgan fingerprint density at radius 3 is 3.22 bits per heavy atom. The third-order valence-corrected chi connectivity index (χ3v) is 0.747. The fourth-order valence-electron chi connectivity index (χ4n) is 0.413. The molecule has 0 aliphatic rings. The van der Waals surface area contributed by atoms with E-state index in [4.69, 9.17) is 5.73 Å². The molecule has 0 saturated carbocycles. The summed E-state index contributed by atoms with van der Waals surface area (Å²) in [6, 6.07) is 7.66. The van der Waals surface area contributed by atoms with Crippen LogP contribution in [0.1, 0.15) is 0 Å². The monoisotopic (exact) mass is 120 g/mol. The SMILES string of the molecule is Nc1ccc#cc(=O)n1. The van der Waals surface area contributed by atoms with Gasteiger partial charge in [0.1, 0.15) is 5.82 Å². The summed E-state index contributed by atoms with van der Waals surface area (Å²) >= 11 is 0. The van der Waals surface area contributed by atoms with Crippen molar-refractivity contribution >= 4 is 5.82 Å². The molecule has 44 valence electrons. The summed E-state index contributed by atoms with van der Waals surface area (Å²) in [5.74, 6) is 0.192. The highest BCUT2D eigenvalue weighted by Gasteiger charge is 1.79. The topological polar surface area (TPSA) is 56.0 Å². The molecule has 2 N–H and O–H groups in total. The quantitative estimate of drug-likeness (QED) is 0.508. The van der Waals surface area contributed by atoms with E-state index in [1.165, 1.54) is 12.1 Å². The molecule has 9 heavy (non-hydrogen) atoms. The number of hydrogen-bond acceptors (Lipinski definition) is 3. The molecule has 0 fully saturated rings. The Bertz CT molecular complexity index is 259. The summed E-state index contributed by atoms with van der Waals surface area (Å²) in [6.45, 7) is 0. The van der Waals surface area contributed by atoms with Crippen LogP contribution >= 0.6 is 0 Å². The third-order valence-electron chi connectivity index (χ3n) is 0.747. The van der Waals surface area contributed by atoms with E-state index in [9.17, 15) is 4.79 Å². The minimum atomic E-state index is -0.488. The molecule has 0 unspecified atom stereocenters. The van der Waals surface area contributed by atoms with Crippen molar-refractivity contribution in [3.8, 4) is 0 Å². The molecule has 3 heteroatoms. The second kappa shape index (κ2) is 2.14. The van der Waals surface area contributed by atoms with Gasteiger partial charge in [-0.15, -0.1) is 0 Å². The first kappa shape index (κ1) is 5.57. The van der Waals surface area contributed by atoms with Gasteiger partial charge in [0.15, 0.2) is 0 Å². The minimum Gasteiger partial charge on any atom is -0.384 e. The summed E-state index contributed by atoms with van der Waals surface area (Å²) < 4.78 is 0. The van der Waals surface area contributed by atoms with Gasteiger partial charge in [-0.05, 0) is 12.1 Å². The summed E-state index contributed by atoms with van der Waals surface area (Å²) in [5, 5.41) is 0. The normalized spacial score (nSPS) is 8.00. The highest BCUT2D eigenvalue weighted by Crippen LogP contribution is 1.82. The lowest BCUT2D eigenvalue weighted by atomic mass is 10.6. The van der Waals surface area contributed by atoms with Crippen molar-refractivity contribution in [2.75, 3.05) is 5.73 Å². The molecule has 0 saturated heterocycles. The molecule has 1 aromatic rings. The average Bonchev–Trinajstić information content (AvgIpc) is 1.93. The van der Waals surface area contributed by atoms with Crippen LogP contribution in [0.3, 0.4) is 0 Å². The van der Waals surface area contributed by atoms with Crippen molar-refractivity contribution < 1.29 is 0 Å². The zero-order valence-corrected chi connectivity index (χ0v) is 4.59. The second-order valence-electron chi connectivity index (χ2n) is 1.44. The summed E-state index contributed by atoms with van der Waals surface area (Å²) in [7, 11) is 0. The van der Waals surface area contributed by atoms with E-state index in [0.29, 0.717) is 0 Å². The fraction of sp³-hybridized carbons (Fsp3) is 0. The Labute approximate surface area is 52.2 Å². The molecular weight excluding hydrogens is 116 g/mol. The Kier molecular flexibility index (Phi) is 1.32. The van der Waals surface area contributed by atoms with Gasteiger partial charge in [0.25, 0.3) is 0 Å². The first-order valence-electron chi connectivity index (χ1n) is 2.35. The van der Waals surface area contributed by atoms with Gasteiger partial charge in [-0.3, -0.25) is 4.79 Å². The number of rotatable bonds is 0. The molecule has 0 atom stereocenters. The zero-order valence-electron chi connectivity index (χ0n) is 4.59. The molecule has 0 aromatic carbocycles. The van der Waals surface area contributed by atoms with Crippen LogP contribution in [-0.2, 0) is 0 Å². The van der Waals surface area contributed by atoms with Crippen molar-refractivity contribution in [1.82, 2.24) is 4.98 Å². The van der Waals surface area contributed by atoms with Crippen molar-refractivity contribution in [2.24, 2.45) is 0 Å².